The summed E-state index contributed by atoms with van der Waals surface area (Å²) in [7, 11) is 0. The minimum atomic E-state index is -0.681. The van der Waals surface area contributed by atoms with Crippen molar-refractivity contribution < 1.29 is 18.7 Å². The number of nitrogens with one attached hydrogen (secondary N) is 1. The van der Waals surface area contributed by atoms with E-state index in [9.17, 15) is 23.5 Å². The zero-order valence-electron chi connectivity index (χ0n) is 19.1. The molecule has 0 aliphatic carbocycles. The predicted octanol–water partition coefficient (Wildman–Crippen LogP) is 2.65. The summed E-state index contributed by atoms with van der Waals surface area (Å²) in [5, 5.41) is 16.5. The largest absolute Gasteiger partial charge is 0.503 e. The summed E-state index contributed by atoms with van der Waals surface area (Å²) in [6.45, 7) is 3.90. The molecule has 1 fully saturated rings. The Bertz CT molecular complexity index is 1310. The number of benzene rings is 1. The quantitative estimate of drug-likeness (QED) is 0.540. The van der Waals surface area contributed by atoms with E-state index in [2.05, 4.69) is 15.2 Å². The molecule has 1 saturated heterocycles. The summed E-state index contributed by atoms with van der Waals surface area (Å²) >= 11 is 1.56. The maximum atomic E-state index is 13.9. The summed E-state index contributed by atoms with van der Waals surface area (Å²) in [6, 6.07) is 3.27. The highest BCUT2D eigenvalue weighted by Crippen LogP contribution is 2.31. The van der Waals surface area contributed by atoms with Crippen molar-refractivity contribution in [2.45, 2.75) is 51.7 Å². The first kappa shape index (κ1) is 23.6. The van der Waals surface area contributed by atoms with Gasteiger partial charge >= 0.3 is 0 Å². The number of carbonyl (C=O) groups excluding carboxylic acids is 1. The molecule has 4 heterocycles. The van der Waals surface area contributed by atoms with Crippen LogP contribution in [0.1, 0.15) is 40.0 Å². The molecule has 8 nitrogen and oxygen atoms in total. The van der Waals surface area contributed by atoms with Gasteiger partial charge in [-0.25, -0.2) is 13.8 Å². The smallest absolute Gasteiger partial charge is 0.276 e. The van der Waals surface area contributed by atoms with Crippen LogP contribution in [0.4, 0.5) is 8.78 Å². The minimum Gasteiger partial charge on any atom is -0.503 e. The third-order valence-electron chi connectivity index (χ3n) is 6.65. The Morgan fingerprint density at radius 3 is 2.77 bits per heavy atom. The van der Waals surface area contributed by atoms with Gasteiger partial charge in [-0.15, -0.1) is 11.3 Å². The van der Waals surface area contributed by atoms with Crippen molar-refractivity contribution in [3.63, 3.8) is 0 Å². The molecular formula is C24H25F2N5O3S. The summed E-state index contributed by atoms with van der Waals surface area (Å²) in [6.07, 6.45) is 3.88. The van der Waals surface area contributed by atoms with Crippen LogP contribution < -0.4 is 10.7 Å². The van der Waals surface area contributed by atoms with Gasteiger partial charge in [0.2, 0.25) is 5.43 Å². The lowest BCUT2D eigenvalue weighted by atomic mass is 10.0. The number of halogens is 2. The lowest BCUT2D eigenvalue weighted by Gasteiger charge is -2.50. The fraction of sp³-hybridized carbons (Fsp3) is 0.375. The van der Waals surface area contributed by atoms with Crippen molar-refractivity contribution in [1.29, 1.82) is 0 Å². The molecule has 0 bridgehead atoms. The number of pyridine rings is 1. The number of fused-ring (bicyclic) bond motifs is 2. The summed E-state index contributed by atoms with van der Waals surface area (Å²) in [5.41, 5.74) is -0.138. The van der Waals surface area contributed by atoms with Crippen LogP contribution in [0.2, 0.25) is 0 Å². The Morgan fingerprint density at radius 2 is 2.03 bits per heavy atom. The van der Waals surface area contributed by atoms with E-state index >= 15 is 0 Å². The number of hydrogen-bond acceptors (Lipinski definition) is 7. The van der Waals surface area contributed by atoms with Crippen molar-refractivity contribution >= 4 is 17.2 Å². The van der Waals surface area contributed by atoms with Crippen molar-refractivity contribution in [3.8, 4) is 5.75 Å². The molecule has 2 N–H and O–H groups in total. The number of amides is 1. The van der Waals surface area contributed by atoms with E-state index < -0.39 is 22.8 Å². The molecule has 3 aromatic rings. The molecule has 11 heteroatoms. The Balaban J connectivity index is 1.40. The zero-order chi connectivity index (χ0) is 24.7. The van der Waals surface area contributed by atoms with Crippen LogP contribution >= 0.6 is 11.3 Å². The second-order valence-electron chi connectivity index (χ2n) is 8.90. The SMILES string of the molecule is CC1CCN(Cc2nccs2)C2Cn3cc(CNCc4ccc(F)cc4F)c(=O)c(O)c3C(=O)N12. The van der Waals surface area contributed by atoms with Gasteiger partial charge in [0.25, 0.3) is 5.91 Å². The van der Waals surface area contributed by atoms with E-state index in [1.807, 2.05) is 12.3 Å². The average molecular weight is 502 g/mol. The first-order chi connectivity index (χ1) is 16.8. The second kappa shape index (κ2) is 9.48. The Hall–Kier alpha value is -3.15. The number of thiazole rings is 1. The van der Waals surface area contributed by atoms with E-state index in [0.29, 0.717) is 13.1 Å². The van der Waals surface area contributed by atoms with Gasteiger partial charge in [-0.3, -0.25) is 14.5 Å². The van der Waals surface area contributed by atoms with Crippen LogP contribution in [0, 0.1) is 11.6 Å². The minimum absolute atomic E-state index is 0.0115. The number of aromatic nitrogens is 2. The molecule has 1 aromatic carbocycles. The fourth-order valence-electron chi connectivity index (χ4n) is 4.83. The standard InChI is InChI=1S/C24H25F2N5O3S/c1-14-4-6-29(12-19-28-5-7-35-19)20-13-30-11-16(22(32)23(33)21(30)24(34)31(14)20)10-27-9-15-2-3-17(25)8-18(15)26/h2-3,5,7-8,11,14,20,27,33H,4,6,9-10,12-13H2,1H3. The molecular weight excluding hydrogens is 476 g/mol. The molecule has 1 amide bonds. The highest BCUT2D eigenvalue weighted by molar-refractivity contribution is 7.09. The Kier molecular flexibility index (Phi) is 6.39. The normalized spacial score (nSPS) is 20.1. The van der Waals surface area contributed by atoms with E-state index in [1.54, 1.807) is 33.2 Å². The number of carbonyl (C=O) groups is 1. The molecule has 0 saturated carbocycles. The number of hydrogen-bond donors (Lipinski definition) is 2. The van der Waals surface area contributed by atoms with Crippen LogP contribution in [-0.2, 0) is 26.2 Å². The molecule has 5 rings (SSSR count). The van der Waals surface area contributed by atoms with Gasteiger partial charge in [-0.05, 0) is 19.4 Å². The molecule has 35 heavy (non-hydrogen) atoms. The Labute approximate surface area is 204 Å². The molecule has 2 aliphatic heterocycles. The highest BCUT2D eigenvalue weighted by Gasteiger charge is 2.43. The third kappa shape index (κ3) is 4.46. The van der Waals surface area contributed by atoms with Crippen LogP contribution in [0.3, 0.4) is 0 Å². The van der Waals surface area contributed by atoms with Gasteiger partial charge < -0.3 is 19.9 Å². The molecule has 0 radical (unpaired) electrons. The highest BCUT2D eigenvalue weighted by atomic mass is 32.1. The topological polar surface area (TPSA) is 90.7 Å². The summed E-state index contributed by atoms with van der Waals surface area (Å²) in [4.78, 5) is 34.6. The molecule has 2 aliphatic rings. The predicted molar refractivity (Wildman–Crippen MR) is 126 cm³/mol. The van der Waals surface area contributed by atoms with Crippen LogP contribution in [-0.4, -0.2) is 49.1 Å². The second-order valence-corrected chi connectivity index (χ2v) is 9.88. The maximum Gasteiger partial charge on any atom is 0.276 e. The van der Waals surface area contributed by atoms with Crippen molar-refractivity contribution in [2.75, 3.05) is 6.54 Å². The van der Waals surface area contributed by atoms with Crippen molar-refractivity contribution in [3.05, 3.63) is 79.7 Å². The van der Waals surface area contributed by atoms with Gasteiger partial charge in [-0.2, -0.15) is 0 Å². The average Bonchev–Trinajstić information content (AvgIpc) is 3.33. The summed E-state index contributed by atoms with van der Waals surface area (Å²) in [5.74, 6) is -2.30. The van der Waals surface area contributed by atoms with Crippen molar-refractivity contribution in [1.82, 2.24) is 24.7 Å². The number of rotatable bonds is 6. The Morgan fingerprint density at radius 1 is 1.23 bits per heavy atom. The maximum absolute atomic E-state index is 13.9. The van der Waals surface area contributed by atoms with E-state index in [0.717, 1.165) is 24.0 Å². The molecule has 0 spiro atoms. The molecule has 2 aromatic heterocycles. The molecule has 2 atom stereocenters. The lowest BCUT2D eigenvalue weighted by molar-refractivity contribution is -0.0363. The van der Waals surface area contributed by atoms with Crippen molar-refractivity contribution in [2.24, 2.45) is 0 Å². The summed E-state index contributed by atoms with van der Waals surface area (Å²) < 4.78 is 28.7. The van der Waals surface area contributed by atoms with Gasteiger partial charge in [0.1, 0.15) is 22.8 Å². The first-order valence-electron chi connectivity index (χ1n) is 11.4. The van der Waals surface area contributed by atoms with E-state index in [1.165, 1.54) is 12.1 Å². The molecule has 2 unspecified atom stereocenters. The monoisotopic (exact) mass is 501 g/mol. The third-order valence-corrected chi connectivity index (χ3v) is 7.41. The number of nitrogens with zero attached hydrogens (tertiary/aromatic N) is 4. The lowest BCUT2D eigenvalue weighted by Crippen LogP contribution is -2.63. The van der Waals surface area contributed by atoms with Gasteiger partial charge in [0.05, 0.1) is 13.1 Å². The van der Waals surface area contributed by atoms with Gasteiger partial charge in [-0.1, -0.05) is 6.07 Å². The van der Waals surface area contributed by atoms with Crippen LogP contribution in [0.15, 0.2) is 40.8 Å². The van der Waals surface area contributed by atoms with E-state index in [4.69, 9.17) is 0 Å². The van der Waals surface area contributed by atoms with Gasteiger partial charge in [0.15, 0.2) is 11.4 Å². The fourth-order valence-corrected chi connectivity index (χ4v) is 5.48. The molecule has 184 valence electrons. The van der Waals surface area contributed by atoms with E-state index in [-0.39, 0.29) is 48.0 Å². The first-order valence-corrected chi connectivity index (χ1v) is 12.3. The zero-order valence-corrected chi connectivity index (χ0v) is 19.9. The number of aromatic hydroxyl groups is 1. The van der Waals surface area contributed by atoms with Crippen LogP contribution in [0.25, 0.3) is 0 Å². The van der Waals surface area contributed by atoms with Gasteiger partial charge in [0, 0.05) is 60.6 Å². The van der Waals surface area contributed by atoms with Crippen LogP contribution in [0.5, 0.6) is 5.75 Å².